The van der Waals surface area contributed by atoms with Crippen molar-refractivity contribution >= 4 is 17.5 Å². The summed E-state index contributed by atoms with van der Waals surface area (Å²) in [6, 6.07) is 10.6. The van der Waals surface area contributed by atoms with Crippen LogP contribution in [-0.4, -0.2) is 65.4 Å². The molecular formula is C26H36N4O2. The number of anilines is 1. The second kappa shape index (κ2) is 9.90. The maximum absolute atomic E-state index is 13.0. The predicted octanol–water partition coefficient (Wildman–Crippen LogP) is 4.10. The minimum atomic E-state index is -0.0997. The fourth-order valence-corrected chi connectivity index (χ4v) is 5.10. The Morgan fingerprint density at radius 1 is 0.750 bits per heavy atom. The number of unbranched alkanes of at least 4 members (excludes halogenated alkanes) is 2. The summed E-state index contributed by atoms with van der Waals surface area (Å²) in [5.41, 5.74) is 4.47. The first-order chi connectivity index (χ1) is 15.5. The van der Waals surface area contributed by atoms with Gasteiger partial charge >= 0.3 is 0 Å². The number of amides is 2. The fraction of sp³-hybridized carbons (Fsp3) is 0.538. The fourth-order valence-electron chi connectivity index (χ4n) is 5.10. The van der Waals surface area contributed by atoms with Gasteiger partial charge in [0.25, 0.3) is 11.8 Å². The van der Waals surface area contributed by atoms with Crippen molar-refractivity contribution in [2.75, 3.05) is 44.2 Å². The predicted molar refractivity (Wildman–Crippen MR) is 129 cm³/mol. The molecule has 0 radical (unpaired) electrons. The minimum absolute atomic E-state index is 0.0997. The molecule has 172 valence electrons. The molecule has 2 aliphatic heterocycles. The number of nitrogens with zero attached hydrogens (tertiary/aromatic N) is 4. The van der Waals surface area contributed by atoms with Crippen molar-refractivity contribution < 1.29 is 9.59 Å². The van der Waals surface area contributed by atoms with Crippen LogP contribution in [0, 0.1) is 13.8 Å². The van der Waals surface area contributed by atoms with Crippen molar-refractivity contribution in [3.05, 3.63) is 52.8 Å². The topological polar surface area (TPSA) is 48.8 Å². The molecule has 0 N–H and O–H groups in total. The molecule has 6 nitrogen and oxygen atoms in total. The summed E-state index contributed by atoms with van der Waals surface area (Å²) in [6.45, 7) is 12.7. The van der Waals surface area contributed by atoms with Crippen molar-refractivity contribution in [1.82, 2.24) is 14.4 Å². The summed E-state index contributed by atoms with van der Waals surface area (Å²) >= 11 is 0. The van der Waals surface area contributed by atoms with Gasteiger partial charge in [0.05, 0.1) is 11.1 Å². The third-order valence-electron chi connectivity index (χ3n) is 7.04. The summed E-state index contributed by atoms with van der Waals surface area (Å²) in [7, 11) is 0. The molecule has 0 bridgehead atoms. The molecule has 0 saturated carbocycles. The van der Waals surface area contributed by atoms with E-state index in [2.05, 4.69) is 51.6 Å². The molecule has 6 heteroatoms. The standard InChI is InChI=1S/C26H36N4O2/c1-4-5-14-29-20(2)23-24(21(29)3)26(32)30(25(23)31)15-10-9-13-27-16-18-28(19-17-27)22-11-7-6-8-12-22/h6-8,11-12H,4-5,9-10,13-19H2,1-3H3. The quantitative estimate of drug-likeness (QED) is 0.439. The van der Waals surface area contributed by atoms with E-state index in [1.807, 2.05) is 13.8 Å². The Balaban J connectivity index is 1.25. The van der Waals surface area contributed by atoms with Crippen LogP contribution in [0.2, 0.25) is 0 Å². The lowest BCUT2D eigenvalue weighted by molar-refractivity contribution is 0.0648. The first-order valence-corrected chi connectivity index (χ1v) is 12.1. The highest BCUT2D eigenvalue weighted by Crippen LogP contribution is 2.31. The van der Waals surface area contributed by atoms with Crippen LogP contribution in [-0.2, 0) is 6.54 Å². The lowest BCUT2D eigenvalue weighted by Crippen LogP contribution is -2.46. The molecule has 2 aliphatic rings. The average Bonchev–Trinajstić information content (AvgIpc) is 3.22. The molecule has 0 spiro atoms. The Morgan fingerprint density at radius 2 is 1.34 bits per heavy atom. The third kappa shape index (κ3) is 4.33. The molecule has 4 rings (SSSR count). The molecular weight excluding hydrogens is 400 g/mol. The van der Waals surface area contributed by atoms with Crippen molar-refractivity contribution in [1.29, 1.82) is 0 Å². The maximum atomic E-state index is 13.0. The number of rotatable bonds is 9. The van der Waals surface area contributed by atoms with Crippen LogP contribution in [0.3, 0.4) is 0 Å². The lowest BCUT2D eigenvalue weighted by atomic mass is 10.1. The van der Waals surface area contributed by atoms with E-state index in [1.54, 1.807) is 0 Å². The maximum Gasteiger partial charge on any atom is 0.263 e. The van der Waals surface area contributed by atoms with E-state index in [1.165, 1.54) is 10.6 Å². The lowest BCUT2D eigenvalue weighted by Gasteiger charge is -2.36. The van der Waals surface area contributed by atoms with Crippen molar-refractivity contribution in [2.45, 2.75) is 53.0 Å². The number of aromatic nitrogens is 1. The molecule has 0 aliphatic carbocycles. The molecule has 3 heterocycles. The zero-order valence-corrected chi connectivity index (χ0v) is 19.8. The van der Waals surface area contributed by atoms with E-state index in [0.29, 0.717) is 17.7 Å². The Bertz CT molecular complexity index is 918. The van der Waals surface area contributed by atoms with Crippen LogP contribution in [0.5, 0.6) is 0 Å². The Hall–Kier alpha value is -2.60. The normalized spacial score (nSPS) is 16.8. The smallest absolute Gasteiger partial charge is 0.263 e. The second-order valence-corrected chi connectivity index (χ2v) is 9.06. The van der Waals surface area contributed by atoms with E-state index in [-0.39, 0.29) is 11.8 Å². The first-order valence-electron chi connectivity index (χ1n) is 12.1. The highest BCUT2D eigenvalue weighted by Gasteiger charge is 2.40. The van der Waals surface area contributed by atoms with Crippen molar-refractivity contribution in [3.8, 4) is 0 Å². The molecule has 1 aromatic carbocycles. The van der Waals surface area contributed by atoms with E-state index in [4.69, 9.17) is 0 Å². The van der Waals surface area contributed by atoms with E-state index in [9.17, 15) is 9.59 Å². The number of fused-ring (bicyclic) bond motifs is 1. The number of hydrogen-bond donors (Lipinski definition) is 0. The highest BCUT2D eigenvalue weighted by molar-refractivity contribution is 6.22. The van der Waals surface area contributed by atoms with Gasteiger partial charge in [0.2, 0.25) is 0 Å². The van der Waals surface area contributed by atoms with Crippen molar-refractivity contribution in [3.63, 3.8) is 0 Å². The van der Waals surface area contributed by atoms with Crippen LogP contribution in [0.1, 0.15) is 64.7 Å². The highest BCUT2D eigenvalue weighted by atomic mass is 16.2. The molecule has 1 saturated heterocycles. The van der Waals surface area contributed by atoms with Gasteiger partial charge in [-0.1, -0.05) is 31.5 Å². The molecule has 0 unspecified atom stereocenters. The van der Waals surface area contributed by atoms with E-state index in [0.717, 1.165) is 76.3 Å². The van der Waals surface area contributed by atoms with Gasteiger partial charge in [-0.3, -0.25) is 19.4 Å². The molecule has 32 heavy (non-hydrogen) atoms. The van der Waals surface area contributed by atoms with Gasteiger partial charge in [0.1, 0.15) is 0 Å². The number of para-hydroxylation sites is 1. The van der Waals surface area contributed by atoms with Gasteiger partial charge in [0.15, 0.2) is 0 Å². The Kier molecular flexibility index (Phi) is 6.99. The molecule has 1 fully saturated rings. The zero-order valence-electron chi connectivity index (χ0n) is 19.8. The van der Waals surface area contributed by atoms with Gasteiger partial charge in [-0.2, -0.15) is 0 Å². The third-order valence-corrected chi connectivity index (χ3v) is 7.04. The Labute approximate surface area is 191 Å². The number of hydrogen-bond acceptors (Lipinski definition) is 4. The average molecular weight is 437 g/mol. The zero-order chi connectivity index (χ0) is 22.7. The summed E-state index contributed by atoms with van der Waals surface area (Å²) in [5, 5.41) is 0. The van der Waals surface area contributed by atoms with Gasteiger partial charge in [-0.15, -0.1) is 0 Å². The summed E-state index contributed by atoms with van der Waals surface area (Å²) in [5.74, 6) is -0.199. The van der Waals surface area contributed by atoms with Gasteiger partial charge in [-0.05, 0) is 51.8 Å². The Morgan fingerprint density at radius 3 is 1.94 bits per heavy atom. The summed E-state index contributed by atoms with van der Waals surface area (Å²) < 4.78 is 2.15. The largest absolute Gasteiger partial charge is 0.369 e. The number of benzene rings is 1. The van der Waals surface area contributed by atoms with Gasteiger partial charge < -0.3 is 9.47 Å². The minimum Gasteiger partial charge on any atom is -0.369 e. The summed E-state index contributed by atoms with van der Waals surface area (Å²) in [4.78, 5) is 32.4. The van der Waals surface area contributed by atoms with Gasteiger partial charge in [-0.25, -0.2) is 0 Å². The number of carbonyl (C=O) groups is 2. The summed E-state index contributed by atoms with van der Waals surface area (Å²) in [6.07, 6.45) is 4.01. The molecule has 2 amide bonds. The van der Waals surface area contributed by atoms with E-state index >= 15 is 0 Å². The van der Waals surface area contributed by atoms with Crippen molar-refractivity contribution in [2.24, 2.45) is 0 Å². The monoisotopic (exact) mass is 436 g/mol. The molecule has 2 aromatic rings. The van der Waals surface area contributed by atoms with Crippen LogP contribution in [0.15, 0.2) is 30.3 Å². The van der Waals surface area contributed by atoms with Crippen LogP contribution < -0.4 is 4.90 Å². The SMILES string of the molecule is CCCCn1c(C)c2c(c1C)C(=O)N(CCCCN1CCN(c3ccccc3)CC1)C2=O. The van der Waals surface area contributed by atoms with E-state index < -0.39 is 0 Å². The molecule has 0 atom stereocenters. The van der Waals surface area contributed by atoms with Crippen LogP contribution in [0.25, 0.3) is 0 Å². The van der Waals surface area contributed by atoms with Gasteiger partial charge in [0, 0.05) is 56.3 Å². The number of imide groups is 1. The second-order valence-electron chi connectivity index (χ2n) is 9.06. The van der Waals surface area contributed by atoms with Crippen LogP contribution >= 0.6 is 0 Å². The van der Waals surface area contributed by atoms with Crippen LogP contribution in [0.4, 0.5) is 5.69 Å². The first kappa shape index (κ1) is 22.6. The number of piperazine rings is 1. The molecule has 1 aromatic heterocycles. The number of carbonyl (C=O) groups excluding carboxylic acids is 2.